The van der Waals surface area contributed by atoms with Crippen molar-refractivity contribution in [3.63, 3.8) is 0 Å². The Bertz CT molecular complexity index is 224. The Labute approximate surface area is 70.0 Å². The Balaban J connectivity index is 2.64. The summed E-state index contributed by atoms with van der Waals surface area (Å²) in [6.45, 7) is 0.512. The first kappa shape index (κ1) is 8.16. The Kier molecular flexibility index (Phi) is 2.56. The topological polar surface area (TPSA) is 55.2 Å². The number of carbonyl (C=O) groups is 1. The molecule has 0 fully saturated rings. The zero-order valence-electron chi connectivity index (χ0n) is 6.05. The first-order valence-electron chi connectivity index (χ1n) is 3.14. The van der Waals surface area contributed by atoms with Gasteiger partial charge >= 0.3 is 0 Å². The minimum absolute atomic E-state index is 0.167. The highest BCUT2D eigenvalue weighted by Crippen LogP contribution is 1.96. The number of likely N-dealkylation sites (N-methyl/N-ethyl adjacent to an activating group) is 1. The summed E-state index contributed by atoms with van der Waals surface area (Å²) < 4.78 is 0. The summed E-state index contributed by atoms with van der Waals surface area (Å²) in [4.78, 5) is 11.0. The van der Waals surface area contributed by atoms with Gasteiger partial charge in [-0.1, -0.05) is 0 Å². The van der Waals surface area contributed by atoms with Crippen molar-refractivity contribution in [2.24, 2.45) is 0 Å². The molecule has 0 unspecified atom stereocenters. The summed E-state index contributed by atoms with van der Waals surface area (Å²) in [5.74, 6) is -0.167. The van der Waals surface area contributed by atoms with E-state index < -0.39 is 0 Å². The highest BCUT2D eigenvalue weighted by Gasteiger charge is 2.15. The molecule has 0 spiro atoms. The van der Waals surface area contributed by atoms with Gasteiger partial charge in [0.2, 0.25) is 0 Å². The van der Waals surface area contributed by atoms with E-state index in [4.69, 9.17) is 0 Å². The lowest BCUT2D eigenvalue weighted by Crippen LogP contribution is -2.41. The smallest absolute Gasteiger partial charge is 0.256 e. The van der Waals surface area contributed by atoms with Gasteiger partial charge in [0.05, 0.1) is 0 Å². The molecule has 0 aromatic rings. The predicted octanol–water partition coefficient (Wildman–Crippen LogP) is -0.891. The lowest BCUT2D eigenvalue weighted by molar-refractivity contribution is -0.116. The van der Waals surface area contributed by atoms with Gasteiger partial charge in [-0.15, -0.1) is 0 Å². The minimum Gasteiger partial charge on any atom is -0.315 e. The van der Waals surface area contributed by atoms with Crippen molar-refractivity contribution in [1.82, 2.24) is 16.0 Å². The molecule has 0 aromatic heterocycles. The zero-order chi connectivity index (χ0) is 8.27. The van der Waals surface area contributed by atoms with Gasteiger partial charge in [-0.2, -0.15) is 0 Å². The molecule has 1 aliphatic heterocycles. The molecule has 2 N–H and O–H groups in total. The molecule has 1 amide bonds. The molecular weight excluding hydrogens is 162 g/mol. The molecule has 0 saturated heterocycles. The van der Waals surface area contributed by atoms with E-state index in [1.807, 2.05) is 0 Å². The minimum atomic E-state index is -0.167. The highest BCUT2D eigenvalue weighted by atomic mass is 32.1. The maximum Gasteiger partial charge on any atom is 0.256 e. The van der Waals surface area contributed by atoms with E-state index in [0.717, 1.165) is 0 Å². The number of nitrogens with one attached hydrogen (secondary N) is 2. The standard InChI is InChI=1S/C6H8N3OS/c1-7-2-4-3-8-6(11)9-5(4)10/h3,7H,2H2,1H3,(H,9,10,11). The SMILES string of the molecule is CNCC1=C[N]C(=S)NC1=O. The van der Waals surface area contributed by atoms with E-state index in [2.05, 4.69) is 28.2 Å². The third-order valence-corrected chi connectivity index (χ3v) is 1.42. The molecule has 0 saturated carbocycles. The molecule has 0 aromatic carbocycles. The van der Waals surface area contributed by atoms with Crippen molar-refractivity contribution in [3.05, 3.63) is 11.8 Å². The molecule has 1 heterocycles. The van der Waals surface area contributed by atoms with Crippen molar-refractivity contribution < 1.29 is 4.79 Å². The predicted molar refractivity (Wildman–Crippen MR) is 44.9 cm³/mol. The summed E-state index contributed by atoms with van der Waals surface area (Å²) in [6.07, 6.45) is 1.48. The maximum atomic E-state index is 11.0. The number of rotatable bonds is 2. The van der Waals surface area contributed by atoms with Crippen LogP contribution in [0.25, 0.3) is 0 Å². The Morgan fingerprint density at radius 1 is 1.82 bits per heavy atom. The number of hydrogen-bond donors (Lipinski definition) is 2. The van der Waals surface area contributed by atoms with E-state index in [1.54, 1.807) is 7.05 Å². The van der Waals surface area contributed by atoms with Crippen molar-refractivity contribution in [2.45, 2.75) is 0 Å². The second-order valence-electron chi connectivity index (χ2n) is 2.07. The van der Waals surface area contributed by atoms with Crippen LogP contribution in [0, 0.1) is 0 Å². The Hall–Kier alpha value is -0.940. The average molecular weight is 170 g/mol. The second kappa shape index (κ2) is 3.45. The van der Waals surface area contributed by atoms with E-state index in [1.165, 1.54) is 6.20 Å². The van der Waals surface area contributed by atoms with Crippen LogP contribution in [0.2, 0.25) is 0 Å². The van der Waals surface area contributed by atoms with Crippen LogP contribution in [0.4, 0.5) is 0 Å². The summed E-state index contributed by atoms with van der Waals surface area (Å²) in [5, 5.41) is 9.29. The highest BCUT2D eigenvalue weighted by molar-refractivity contribution is 7.80. The normalized spacial score (nSPS) is 17.0. The number of nitrogens with zero attached hydrogens (tertiary/aromatic N) is 1. The van der Waals surface area contributed by atoms with Gasteiger partial charge in [0.25, 0.3) is 5.91 Å². The average Bonchev–Trinajstić information content (AvgIpc) is 1.95. The van der Waals surface area contributed by atoms with Gasteiger partial charge in [0, 0.05) is 18.3 Å². The second-order valence-corrected chi connectivity index (χ2v) is 2.46. The lowest BCUT2D eigenvalue weighted by atomic mass is 10.2. The van der Waals surface area contributed by atoms with Crippen LogP contribution in [0.1, 0.15) is 0 Å². The van der Waals surface area contributed by atoms with Gasteiger partial charge in [-0.05, 0) is 19.3 Å². The molecular formula is C6H8N3OS. The fraction of sp³-hybridized carbons (Fsp3) is 0.333. The van der Waals surface area contributed by atoms with Crippen LogP contribution in [-0.2, 0) is 4.79 Å². The first-order valence-corrected chi connectivity index (χ1v) is 3.54. The van der Waals surface area contributed by atoms with Crippen molar-refractivity contribution in [2.75, 3.05) is 13.6 Å². The lowest BCUT2D eigenvalue weighted by Gasteiger charge is -2.12. The van der Waals surface area contributed by atoms with Gasteiger partial charge < -0.3 is 5.32 Å². The Morgan fingerprint density at radius 2 is 2.55 bits per heavy atom. The Morgan fingerprint density at radius 3 is 3.09 bits per heavy atom. The first-order chi connectivity index (χ1) is 5.24. The maximum absolute atomic E-state index is 11.0. The fourth-order valence-corrected chi connectivity index (χ4v) is 0.867. The van der Waals surface area contributed by atoms with Crippen LogP contribution in [-0.4, -0.2) is 24.6 Å². The molecule has 0 aliphatic carbocycles. The molecule has 1 rings (SSSR count). The number of carbonyl (C=O) groups excluding carboxylic acids is 1. The van der Waals surface area contributed by atoms with Crippen LogP contribution in [0.3, 0.4) is 0 Å². The van der Waals surface area contributed by atoms with Crippen LogP contribution in [0.15, 0.2) is 11.8 Å². The molecule has 0 bridgehead atoms. The molecule has 0 atom stereocenters. The number of hydrogen-bond acceptors (Lipinski definition) is 3. The molecule has 11 heavy (non-hydrogen) atoms. The van der Waals surface area contributed by atoms with E-state index in [9.17, 15) is 4.79 Å². The zero-order valence-corrected chi connectivity index (χ0v) is 6.86. The summed E-state index contributed by atoms with van der Waals surface area (Å²) >= 11 is 4.66. The monoisotopic (exact) mass is 170 g/mol. The summed E-state index contributed by atoms with van der Waals surface area (Å²) in [7, 11) is 1.76. The fourth-order valence-electron chi connectivity index (χ4n) is 0.721. The largest absolute Gasteiger partial charge is 0.315 e. The quantitative estimate of drug-likeness (QED) is 0.528. The molecule has 5 heteroatoms. The van der Waals surface area contributed by atoms with Crippen molar-refractivity contribution >= 4 is 23.2 Å². The number of thiocarbonyl (C=S) groups is 1. The molecule has 1 aliphatic rings. The van der Waals surface area contributed by atoms with Gasteiger partial charge in [0.1, 0.15) is 0 Å². The van der Waals surface area contributed by atoms with Crippen LogP contribution < -0.4 is 16.0 Å². The van der Waals surface area contributed by atoms with Crippen molar-refractivity contribution in [1.29, 1.82) is 0 Å². The van der Waals surface area contributed by atoms with Crippen molar-refractivity contribution in [3.8, 4) is 0 Å². The molecule has 1 radical (unpaired) electrons. The van der Waals surface area contributed by atoms with E-state index in [-0.39, 0.29) is 11.0 Å². The van der Waals surface area contributed by atoms with Gasteiger partial charge in [-0.25, -0.2) is 5.32 Å². The molecule has 59 valence electrons. The van der Waals surface area contributed by atoms with Crippen LogP contribution in [0.5, 0.6) is 0 Å². The van der Waals surface area contributed by atoms with E-state index >= 15 is 0 Å². The number of amides is 1. The van der Waals surface area contributed by atoms with Crippen LogP contribution >= 0.6 is 12.2 Å². The summed E-state index contributed by atoms with van der Waals surface area (Å²) in [6, 6.07) is 0. The van der Waals surface area contributed by atoms with E-state index in [0.29, 0.717) is 12.1 Å². The van der Waals surface area contributed by atoms with Gasteiger partial charge in [-0.3, -0.25) is 10.1 Å². The molecule has 4 nitrogen and oxygen atoms in total. The third-order valence-electron chi connectivity index (χ3n) is 1.22. The summed E-state index contributed by atoms with van der Waals surface area (Å²) in [5.41, 5.74) is 0.598. The van der Waals surface area contributed by atoms with Gasteiger partial charge in [0.15, 0.2) is 5.11 Å². The third kappa shape index (κ3) is 1.99.